The predicted molar refractivity (Wildman–Crippen MR) is 100 cm³/mol. The van der Waals surface area contributed by atoms with Crippen molar-refractivity contribution in [1.82, 2.24) is 9.80 Å². The van der Waals surface area contributed by atoms with Crippen LogP contribution in [0.4, 0.5) is 0 Å². The van der Waals surface area contributed by atoms with Crippen LogP contribution in [0.1, 0.15) is 60.9 Å². The zero-order valence-electron chi connectivity index (χ0n) is 15.3. The molecule has 1 aromatic rings. The smallest absolute Gasteiger partial charge is 0.248 e. The molecule has 4 heteroatoms. The van der Waals surface area contributed by atoms with Crippen LogP contribution in [0.5, 0.6) is 0 Å². The highest BCUT2D eigenvalue weighted by molar-refractivity contribution is 5.92. The number of amides is 1. The molecule has 1 aliphatic carbocycles. The number of hydrogen-bond acceptors (Lipinski definition) is 3. The summed E-state index contributed by atoms with van der Waals surface area (Å²) in [6.45, 7) is 6.07. The van der Waals surface area contributed by atoms with Crippen molar-refractivity contribution < 1.29 is 4.79 Å². The van der Waals surface area contributed by atoms with Gasteiger partial charge in [-0.3, -0.25) is 9.69 Å². The summed E-state index contributed by atoms with van der Waals surface area (Å²) in [4.78, 5) is 16.5. The predicted octanol–water partition coefficient (Wildman–Crippen LogP) is 3.02. The van der Waals surface area contributed by atoms with E-state index in [1.807, 2.05) is 24.3 Å². The average Bonchev–Trinajstić information content (AvgIpc) is 2.58. The summed E-state index contributed by atoms with van der Waals surface area (Å²) in [5, 5.41) is 0. The Hall–Kier alpha value is -1.39. The summed E-state index contributed by atoms with van der Waals surface area (Å²) in [6.07, 6.45) is 9.84. The minimum Gasteiger partial charge on any atom is -0.366 e. The van der Waals surface area contributed by atoms with Gasteiger partial charge in [0.05, 0.1) is 0 Å². The SMILES string of the molecule is NC(=O)c1ccc(CN2CCC3(CC2)CCN(C2CCC2)CC3)cc1. The Bertz CT molecular complexity index is 590. The number of carbonyl (C=O) groups excluding carboxylic acids is 1. The van der Waals surface area contributed by atoms with Crippen LogP contribution in [-0.2, 0) is 6.54 Å². The van der Waals surface area contributed by atoms with E-state index >= 15 is 0 Å². The van der Waals surface area contributed by atoms with Gasteiger partial charge in [-0.05, 0) is 87.8 Å². The van der Waals surface area contributed by atoms with Crippen LogP contribution in [0.15, 0.2) is 24.3 Å². The van der Waals surface area contributed by atoms with Crippen LogP contribution in [0.25, 0.3) is 0 Å². The van der Waals surface area contributed by atoms with Crippen molar-refractivity contribution in [3.63, 3.8) is 0 Å². The molecule has 1 amide bonds. The first-order valence-electron chi connectivity index (χ1n) is 9.99. The molecule has 2 heterocycles. The standard InChI is InChI=1S/C21H31N3O/c22-20(25)18-6-4-17(5-7-18)16-23-12-8-21(9-13-23)10-14-24(15-11-21)19-2-1-3-19/h4-7,19H,1-3,8-16H2,(H2,22,25). The number of piperidine rings is 2. The van der Waals surface area contributed by atoms with Crippen LogP contribution in [0.2, 0.25) is 0 Å². The van der Waals surface area contributed by atoms with Crippen molar-refractivity contribution in [3.05, 3.63) is 35.4 Å². The fourth-order valence-corrected chi connectivity index (χ4v) is 4.83. The third-order valence-electron chi connectivity index (χ3n) is 7.01. The van der Waals surface area contributed by atoms with Gasteiger partial charge >= 0.3 is 0 Å². The van der Waals surface area contributed by atoms with E-state index in [-0.39, 0.29) is 5.91 Å². The van der Waals surface area contributed by atoms with Crippen LogP contribution in [0.3, 0.4) is 0 Å². The molecule has 0 atom stereocenters. The maximum absolute atomic E-state index is 11.2. The lowest BCUT2D eigenvalue weighted by molar-refractivity contribution is 0.00363. The second kappa shape index (κ2) is 7.08. The van der Waals surface area contributed by atoms with Crippen molar-refractivity contribution >= 4 is 5.91 Å². The van der Waals surface area contributed by atoms with Gasteiger partial charge in [-0.15, -0.1) is 0 Å². The maximum atomic E-state index is 11.2. The van der Waals surface area contributed by atoms with Gasteiger partial charge in [0.1, 0.15) is 0 Å². The Kier molecular flexibility index (Phi) is 4.83. The van der Waals surface area contributed by atoms with Crippen LogP contribution in [0, 0.1) is 5.41 Å². The molecule has 4 rings (SSSR count). The van der Waals surface area contributed by atoms with E-state index < -0.39 is 0 Å². The molecule has 2 saturated heterocycles. The van der Waals surface area contributed by atoms with Crippen molar-refractivity contribution in [2.75, 3.05) is 26.2 Å². The van der Waals surface area contributed by atoms with E-state index in [1.54, 1.807) is 0 Å². The van der Waals surface area contributed by atoms with Gasteiger partial charge in [-0.2, -0.15) is 0 Å². The number of hydrogen-bond donors (Lipinski definition) is 1. The molecule has 25 heavy (non-hydrogen) atoms. The second-order valence-electron chi connectivity index (χ2n) is 8.46. The van der Waals surface area contributed by atoms with E-state index in [4.69, 9.17) is 5.73 Å². The Balaban J connectivity index is 1.26. The number of likely N-dealkylation sites (tertiary alicyclic amines) is 2. The molecule has 0 bridgehead atoms. The number of nitrogens with zero attached hydrogens (tertiary/aromatic N) is 2. The van der Waals surface area contributed by atoms with E-state index in [2.05, 4.69) is 9.80 Å². The van der Waals surface area contributed by atoms with E-state index in [9.17, 15) is 4.79 Å². The van der Waals surface area contributed by atoms with Gasteiger partial charge < -0.3 is 10.6 Å². The first kappa shape index (κ1) is 17.0. The highest BCUT2D eigenvalue weighted by Crippen LogP contribution is 2.43. The van der Waals surface area contributed by atoms with E-state index in [0.29, 0.717) is 11.0 Å². The molecule has 1 aromatic carbocycles. The third-order valence-corrected chi connectivity index (χ3v) is 7.01. The average molecular weight is 341 g/mol. The fraction of sp³-hybridized carbons (Fsp3) is 0.667. The van der Waals surface area contributed by atoms with Gasteiger partial charge in [-0.1, -0.05) is 18.6 Å². The molecule has 136 valence electrons. The second-order valence-corrected chi connectivity index (χ2v) is 8.46. The Labute approximate surface area is 151 Å². The van der Waals surface area contributed by atoms with E-state index in [0.717, 1.165) is 12.6 Å². The Morgan fingerprint density at radius 2 is 1.60 bits per heavy atom. The molecule has 2 N–H and O–H groups in total. The molecular weight excluding hydrogens is 310 g/mol. The highest BCUT2D eigenvalue weighted by atomic mass is 16.1. The quantitative estimate of drug-likeness (QED) is 0.916. The van der Waals surface area contributed by atoms with Gasteiger partial charge in [-0.25, -0.2) is 0 Å². The molecule has 0 radical (unpaired) electrons. The summed E-state index contributed by atoms with van der Waals surface area (Å²) in [6, 6.07) is 8.70. The monoisotopic (exact) mass is 341 g/mol. The van der Waals surface area contributed by atoms with Gasteiger partial charge in [0, 0.05) is 18.2 Å². The van der Waals surface area contributed by atoms with E-state index in [1.165, 1.54) is 76.7 Å². The topological polar surface area (TPSA) is 49.6 Å². The minimum atomic E-state index is -0.347. The molecule has 4 nitrogen and oxygen atoms in total. The summed E-state index contributed by atoms with van der Waals surface area (Å²) in [5.41, 5.74) is 7.81. The number of nitrogens with two attached hydrogens (primary N) is 1. The molecule has 1 saturated carbocycles. The summed E-state index contributed by atoms with van der Waals surface area (Å²) >= 11 is 0. The molecule has 0 unspecified atom stereocenters. The zero-order chi connectivity index (χ0) is 17.3. The van der Waals surface area contributed by atoms with Gasteiger partial charge in [0.2, 0.25) is 5.91 Å². The van der Waals surface area contributed by atoms with Crippen molar-refractivity contribution in [2.45, 2.75) is 57.5 Å². The molecule has 2 aliphatic heterocycles. The molecule has 3 aliphatic rings. The minimum absolute atomic E-state index is 0.347. The highest BCUT2D eigenvalue weighted by Gasteiger charge is 2.39. The third kappa shape index (κ3) is 3.75. The number of rotatable bonds is 4. The Morgan fingerprint density at radius 1 is 1.00 bits per heavy atom. The zero-order valence-corrected chi connectivity index (χ0v) is 15.3. The molecule has 1 spiro atoms. The largest absolute Gasteiger partial charge is 0.366 e. The summed E-state index contributed by atoms with van der Waals surface area (Å²) in [5.74, 6) is -0.347. The Morgan fingerprint density at radius 3 is 2.12 bits per heavy atom. The lowest BCUT2D eigenvalue weighted by atomic mass is 9.70. The van der Waals surface area contributed by atoms with Gasteiger partial charge in [0.25, 0.3) is 0 Å². The molecule has 0 aromatic heterocycles. The van der Waals surface area contributed by atoms with Crippen molar-refractivity contribution in [2.24, 2.45) is 11.1 Å². The van der Waals surface area contributed by atoms with Crippen molar-refractivity contribution in [1.29, 1.82) is 0 Å². The lowest BCUT2D eigenvalue weighted by Crippen LogP contribution is -2.50. The van der Waals surface area contributed by atoms with Crippen LogP contribution < -0.4 is 5.73 Å². The number of carbonyl (C=O) groups is 1. The summed E-state index contributed by atoms with van der Waals surface area (Å²) in [7, 11) is 0. The normalized spacial score (nSPS) is 25.0. The van der Waals surface area contributed by atoms with Crippen LogP contribution in [-0.4, -0.2) is 47.9 Å². The fourth-order valence-electron chi connectivity index (χ4n) is 4.83. The first-order chi connectivity index (χ1) is 12.1. The molecule has 3 fully saturated rings. The number of primary amides is 1. The van der Waals surface area contributed by atoms with Crippen LogP contribution >= 0.6 is 0 Å². The first-order valence-corrected chi connectivity index (χ1v) is 9.99. The molecular formula is C21H31N3O. The lowest BCUT2D eigenvalue weighted by Gasteiger charge is -2.50. The number of benzene rings is 1. The van der Waals surface area contributed by atoms with Gasteiger partial charge in [0.15, 0.2) is 0 Å². The summed E-state index contributed by atoms with van der Waals surface area (Å²) < 4.78 is 0. The maximum Gasteiger partial charge on any atom is 0.248 e. The van der Waals surface area contributed by atoms with Crippen molar-refractivity contribution in [3.8, 4) is 0 Å².